The first-order valence-corrected chi connectivity index (χ1v) is 10.3. The Morgan fingerprint density at radius 2 is 1.82 bits per heavy atom. The molecule has 4 aromatic rings. The highest BCUT2D eigenvalue weighted by Gasteiger charge is 2.26. The minimum atomic E-state index is 0.00695. The predicted octanol–water partition coefficient (Wildman–Crippen LogP) is 4.85. The maximum atomic E-state index is 13.3. The van der Waals surface area contributed by atoms with Gasteiger partial charge in [0.15, 0.2) is 0 Å². The summed E-state index contributed by atoms with van der Waals surface area (Å²) in [4.78, 5) is 21.4. The smallest absolute Gasteiger partial charge is 0.266 e. The van der Waals surface area contributed by atoms with Crippen molar-refractivity contribution in [1.29, 1.82) is 0 Å². The average Bonchev–Trinajstić information content (AvgIpc) is 3.05. The predicted molar refractivity (Wildman–Crippen MR) is 116 cm³/mol. The van der Waals surface area contributed by atoms with Crippen LogP contribution in [0.4, 0.5) is 5.69 Å². The number of hydrogen-bond acceptors (Lipinski definition) is 4. The van der Waals surface area contributed by atoms with Crippen molar-refractivity contribution < 1.29 is 4.79 Å². The highest BCUT2D eigenvalue weighted by Crippen LogP contribution is 2.37. The highest BCUT2D eigenvalue weighted by molar-refractivity contribution is 7.21. The summed E-state index contributed by atoms with van der Waals surface area (Å²) < 4.78 is 0. The molecule has 1 amide bonds. The number of hydrogen-bond donors (Lipinski definition) is 1. The Hall–Kier alpha value is -2.92. The van der Waals surface area contributed by atoms with E-state index in [0.29, 0.717) is 17.1 Å². The second-order valence-electron chi connectivity index (χ2n) is 7.53. The number of aromatic nitrogens is 1. The number of benzene rings is 2. The van der Waals surface area contributed by atoms with Crippen molar-refractivity contribution in [3.8, 4) is 0 Å². The maximum Gasteiger partial charge on any atom is 0.266 e. The summed E-state index contributed by atoms with van der Waals surface area (Å²) in [5.74, 6) is 0.00695. The Bertz CT molecular complexity index is 1260. The summed E-state index contributed by atoms with van der Waals surface area (Å²) in [7, 11) is 0. The van der Waals surface area contributed by atoms with Crippen LogP contribution in [-0.4, -0.2) is 22.3 Å². The van der Waals surface area contributed by atoms with Crippen LogP contribution in [0.3, 0.4) is 0 Å². The fraction of sp³-hybridized carbons (Fsp3) is 0.217. The van der Waals surface area contributed by atoms with E-state index < -0.39 is 0 Å². The number of aryl methyl sites for hydroxylation is 2. The molecule has 0 atom stereocenters. The molecular formula is C23H21N3OS. The van der Waals surface area contributed by atoms with Gasteiger partial charge in [-0.3, -0.25) is 4.79 Å². The molecule has 0 saturated carbocycles. The fourth-order valence-electron chi connectivity index (χ4n) is 4.03. The Kier molecular flexibility index (Phi) is 3.88. The third kappa shape index (κ3) is 2.58. The van der Waals surface area contributed by atoms with E-state index in [1.165, 1.54) is 28.0 Å². The molecule has 140 valence electrons. The van der Waals surface area contributed by atoms with Crippen molar-refractivity contribution >= 4 is 44.1 Å². The number of amides is 1. The van der Waals surface area contributed by atoms with Crippen molar-refractivity contribution in [3.05, 3.63) is 69.6 Å². The lowest BCUT2D eigenvalue weighted by molar-refractivity contribution is 0.0740. The number of rotatable bonds is 1. The van der Waals surface area contributed by atoms with Gasteiger partial charge in [-0.15, -0.1) is 11.3 Å². The van der Waals surface area contributed by atoms with E-state index in [9.17, 15) is 4.79 Å². The van der Waals surface area contributed by atoms with E-state index >= 15 is 0 Å². The third-order valence-corrected chi connectivity index (χ3v) is 6.82. The number of nitrogens with zero attached hydrogens (tertiary/aromatic N) is 2. The number of pyridine rings is 1. The molecule has 28 heavy (non-hydrogen) atoms. The van der Waals surface area contributed by atoms with Gasteiger partial charge in [-0.05, 0) is 48.6 Å². The SMILES string of the molecule is Cc1ccc(C)c2nc3sc(C(=O)N4CCc5ccccc5C4)c(N)c3cc12. The molecule has 0 aliphatic carbocycles. The minimum Gasteiger partial charge on any atom is -0.397 e. The van der Waals surface area contributed by atoms with Crippen LogP contribution >= 0.6 is 11.3 Å². The Balaban J connectivity index is 1.59. The molecule has 2 N–H and O–H groups in total. The van der Waals surface area contributed by atoms with Gasteiger partial charge in [0.05, 0.1) is 11.2 Å². The summed E-state index contributed by atoms with van der Waals surface area (Å²) >= 11 is 1.41. The minimum absolute atomic E-state index is 0.00695. The molecule has 4 nitrogen and oxygen atoms in total. The van der Waals surface area contributed by atoms with E-state index in [4.69, 9.17) is 10.7 Å². The molecule has 0 saturated heterocycles. The Morgan fingerprint density at radius 1 is 1.07 bits per heavy atom. The van der Waals surface area contributed by atoms with Gasteiger partial charge in [0.2, 0.25) is 0 Å². The quantitative estimate of drug-likeness (QED) is 0.508. The molecule has 0 bridgehead atoms. The summed E-state index contributed by atoms with van der Waals surface area (Å²) in [5, 5.41) is 1.98. The number of nitrogen functional groups attached to an aromatic ring is 1. The summed E-state index contributed by atoms with van der Waals surface area (Å²) in [6, 6.07) is 14.6. The zero-order valence-corrected chi connectivity index (χ0v) is 16.8. The first kappa shape index (κ1) is 17.2. The molecule has 0 spiro atoms. The number of anilines is 1. The van der Waals surface area contributed by atoms with Gasteiger partial charge >= 0.3 is 0 Å². The number of thiophene rings is 1. The lowest BCUT2D eigenvalue weighted by Gasteiger charge is -2.28. The fourth-order valence-corrected chi connectivity index (χ4v) is 5.08. The highest BCUT2D eigenvalue weighted by atomic mass is 32.1. The normalized spacial score (nSPS) is 13.9. The van der Waals surface area contributed by atoms with E-state index in [-0.39, 0.29) is 5.91 Å². The second kappa shape index (κ2) is 6.31. The molecule has 2 aromatic heterocycles. The van der Waals surface area contributed by atoms with Crippen molar-refractivity contribution in [2.45, 2.75) is 26.8 Å². The van der Waals surface area contributed by atoms with Crippen molar-refractivity contribution in [2.75, 3.05) is 12.3 Å². The Morgan fingerprint density at radius 3 is 2.64 bits per heavy atom. The van der Waals surface area contributed by atoms with Crippen LogP contribution in [0.1, 0.15) is 31.9 Å². The van der Waals surface area contributed by atoms with Crippen LogP contribution in [-0.2, 0) is 13.0 Å². The van der Waals surface area contributed by atoms with Gasteiger partial charge in [-0.2, -0.15) is 0 Å². The van der Waals surface area contributed by atoms with Gasteiger partial charge in [0.1, 0.15) is 9.71 Å². The van der Waals surface area contributed by atoms with Crippen LogP contribution in [0, 0.1) is 13.8 Å². The first-order valence-electron chi connectivity index (χ1n) is 9.48. The molecule has 1 aliphatic heterocycles. The van der Waals surface area contributed by atoms with Crippen LogP contribution in [0.25, 0.3) is 21.1 Å². The molecule has 5 heteroatoms. The van der Waals surface area contributed by atoms with Gasteiger partial charge in [0, 0.05) is 23.9 Å². The van der Waals surface area contributed by atoms with Gasteiger partial charge in [-0.25, -0.2) is 4.98 Å². The van der Waals surface area contributed by atoms with Gasteiger partial charge in [0.25, 0.3) is 5.91 Å². The maximum absolute atomic E-state index is 13.3. The third-order valence-electron chi connectivity index (χ3n) is 5.71. The van der Waals surface area contributed by atoms with Crippen LogP contribution in [0.2, 0.25) is 0 Å². The van der Waals surface area contributed by atoms with Crippen LogP contribution in [0.5, 0.6) is 0 Å². The van der Waals surface area contributed by atoms with Crippen molar-refractivity contribution in [2.24, 2.45) is 0 Å². The molecular weight excluding hydrogens is 366 g/mol. The zero-order chi connectivity index (χ0) is 19.4. The molecule has 0 unspecified atom stereocenters. The number of carbonyl (C=O) groups is 1. The van der Waals surface area contributed by atoms with E-state index in [2.05, 4.69) is 50.2 Å². The molecule has 0 fully saturated rings. The van der Waals surface area contributed by atoms with Crippen LogP contribution in [0.15, 0.2) is 42.5 Å². The first-order chi connectivity index (χ1) is 13.5. The molecule has 3 heterocycles. The van der Waals surface area contributed by atoms with E-state index in [1.54, 1.807) is 0 Å². The molecule has 1 aliphatic rings. The number of fused-ring (bicyclic) bond motifs is 3. The van der Waals surface area contributed by atoms with Crippen LogP contribution < -0.4 is 5.73 Å². The van der Waals surface area contributed by atoms with Crippen molar-refractivity contribution in [1.82, 2.24) is 9.88 Å². The lowest BCUT2D eigenvalue weighted by atomic mass is 10.00. The van der Waals surface area contributed by atoms with Gasteiger partial charge in [-0.1, -0.05) is 36.4 Å². The van der Waals surface area contributed by atoms with Crippen molar-refractivity contribution in [3.63, 3.8) is 0 Å². The Labute approximate surface area is 167 Å². The largest absolute Gasteiger partial charge is 0.397 e. The standard InChI is InChI=1S/C23H21N3OS/c1-13-7-8-14(2)20-17(13)11-18-19(24)21(28-22(18)25-20)23(27)26-10-9-15-5-3-4-6-16(15)12-26/h3-8,11H,9-10,12,24H2,1-2H3. The molecule has 2 aromatic carbocycles. The summed E-state index contributed by atoms with van der Waals surface area (Å²) in [6.07, 6.45) is 0.882. The number of nitrogens with two attached hydrogens (primary N) is 1. The van der Waals surface area contributed by atoms with E-state index in [1.807, 2.05) is 11.0 Å². The second-order valence-corrected chi connectivity index (χ2v) is 8.53. The van der Waals surface area contributed by atoms with Gasteiger partial charge < -0.3 is 10.6 Å². The molecule has 5 rings (SSSR count). The summed E-state index contributed by atoms with van der Waals surface area (Å²) in [6.45, 7) is 5.50. The topological polar surface area (TPSA) is 59.2 Å². The number of carbonyl (C=O) groups excluding carboxylic acids is 1. The van der Waals surface area contributed by atoms with E-state index in [0.717, 1.165) is 39.6 Å². The lowest BCUT2D eigenvalue weighted by Crippen LogP contribution is -2.35. The molecule has 0 radical (unpaired) electrons. The average molecular weight is 388 g/mol. The monoisotopic (exact) mass is 387 g/mol. The summed E-state index contributed by atoms with van der Waals surface area (Å²) in [5.41, 5.74) is 12.8. The zero-order valence-electron chi connectivity index (χ0n) is 16.0.